The van der Waals surface area contributed by atoms with Gasteiger partial charge in [-0.2, -0.15) is 0 Å². The predicted octanol–water partition coefficient (Wildman–Crippen LogP) is 2.70. The lowest BCUT2D eigenvalue weighted by molar-refractivity contribution is -0.120. The Bertz CT molecular complexity index is 723. The average Bonchev–Trinajstić information content (AvgIpc) is 2.93. The lowest BCUT2D eigenvalue weighted by atomic mass is 10.1. The minimum Gasteiger partial charge on any atom is -0.493 e. The van der Waals surface area contributed by atoms with Crippen LogP contribution >= 0.6 is 0 Å². The van der Waals surface area contributed by atoms with Crippen molar-refractivity contribution in [2.75, 3.05) is 20.8 Å². The van der Waals surface area contributed by atoms with Crippen LogP contribution in [-0.4, -0.2) is 31.8 Å². The number of aryl methyl sites for hydroxylation is 2. The molecule has 25 heavy (non-hydrogen) atoms. The maximum atomic E-state index is 12.1. The third-order valence-electron chi connectivity index (χ3n) is 3.99. The van der Waals surface area contributed by atoms with E-state index in [0.29, 0.717) is 30.2 Å². The van der Waals surface area contributed by atoms with Gasteiger partial charge in [-0.05, 0) is 44.0 Å². The Morgan fingerprint density at radius 3 is 2.52 bits per heavy atom. The third-order valence-corrected chi connectivity index (χ3v) is 3.99. The smallest absolute Gasteiger partial charge is 0.224 e. The van der Waals surface area contributed by atoms with E-state index >= 15 is 0 Å². The monoisotopic (exact) mass is 347 g/mol. The fourth-order valence-electron chi connectivity index (χ4n) is 2.72. The van der Waals surface area contributed by atoms with Crippen LogP contribution in [0.25, 0.3) is 0 Å². The molecule has 6 heteroatoms. The van der Waals surface area contributed by atoms with Crippen LogP contribution in [0.4, 0.5) is 0 Å². The molecular weight excluding hydrogens is 322 g/mol. The number of hydrogen-bond acceptors (Lipinski definition) is 5. The largest absolute Gasteiger partial charge is 0.493 e. The summed E-state index contributed by atoms with van der Waals surface area (Å²) in [5, 5.41) is 13.0. The molecule has 1 unspecified atom stereocenters. The Morgan fingerprint density at radius 1 is 1.20 bits per heavy atom. The van der Waals surface area contributed by atoms with Gasteiger partial charge in [-0.25, -0.2) is 0 Å². The van der Waals surface area contributed by atoms with E-state index in [1.165, 1.54) is 0 Å². The van der Waals surface area contributed by atoms with E-state index in [-0.39, 0.29) is 12.3 Å². The SMILES string of the molecule is COc1ccc(CC(=O)NCCC(O)c2cc(C)oc2C)cc1OC. The molecule has 0 bridgehead atoms. The van der Waals surface area contributed by atoms with E-state index in [0.717, 1.165) is 16.9 Å². The molecule has 1 atom stereocenters. The van der Waals surface area contributed by atoms with Crippen LogP contribution in [0.15, 0.2) is 28.7 Å². The summed E-state index contributed by atoms with van der Waals surface area (Å²) in [6.07, 6.45) is 0.0106. The fourth-order valence-corrected chi connectivity index (χ4v) is 2.72. The highest BCUT2D eigenvalue weighted by Crippen LogP contribution is 2.27. The maximum Gasteiger partial charge on any atom is 0.224 e. The Balaban J connectivity index is 1.83. The van der Waals surface area contributed by atoms with Crippen LogP contribution < -0.4 is 14.8 Å². The van der Waals surface area contributed by atoms with E-state index in [4.69, 9.17) is 13.9 Å². The lowest BCUT2D eigenvalue weighted by Crippen LogP contribution is -2.27. The second-order valence-electron chi connectivity index (χ2n) is 5.89. The fraction of sp³-hybridized carbons (Fsp3) is 0.421. The first-order valence-electron chi connectivity index (χ1n) is 8.17. The van der Waals surface area contributed by atoms with Crippen LogP contribution in [-0.2, 0) is 11.2 Å². The zero-order valence-corrected chi connectivity index (χ0v) is 15.1. The second kappa shape index (κ2) is 8.58. The molecule has 0 saturated carbocycles. The van der Waals surface area contributed by atoms with Gasteiger partial charge in [0.25, 0.3) is 0 Å². The van der Waals surface area contributed by atoms with Crippen molar-refractivity contribution >= 4 is 5.91 Å². The zero-order chi connectivity index (χ0) is 18.4. The summed E-state index contributed by atoms with van der Waals surface area (Å²) in [6, 6.07) is 7.21. The maximum absolute atomic E-state index is 12.1. The summed E-state index contributed by atoms with van der Waals surface area (Å²) in [6.45, 7) is 4.05. The summed E-state index contributed by atoms with van der Waals surface area (Å²) in [4.78, 5) is 12.1. The van der Waals surface area contributed by atoms with Gasteiger partial charge in [0.1, 0.15) is 11.5 Å². The van der Waals surface area contributed by atoms with Crippen LogP contribution in [0, 0.1) is 13.8 Å². The number of rotatable bonds is 8. The summed E-state index contributed by atoms with van der Waals surface area (Å²) in [5.74, 6) is 2.58. The van der Waals surface area contributed by atoms with Crippen molar-refractivity contribution in [3.05, 3.63) is 46.9 Å². The standard InChI is InChI=1S/C19H25NO5/c1-12-9-15(13(2)25-12)16(21)7-8-20-19(22)11-14-5-6-17(23-3)18(10-14)24-4/h5-6,9-10,16,21H,7-8,11H2,1-4H3,(H,20,22). The predicted molar refractivity (Wildman–Crippen MR) is 94.0 cm³/mol. The van der Waals surface area contributed by atoms with Gasteiger partial charge >= 0.3 is 0 Å². The van der Waals surface area contributed by atoms with Gasteiger partial charge in [0.05, 0.1) is 26.7 Å². The summed E-state index contributed by atoms with van der Waals surface area (Å²) >= 11 is 0. The molecule has 2 N–H and O–H groups in total. The van der Waals surface area contributed by atoms with Gasteiger partial charge in [0, 0.05) is 12.1 Å². The van der Waals surface area contributed by atoms with Crippen molar-refractivity contribution in [3.8, 4) is 11.5 Å². The number of aliphatic hydroxyl groups excluding tert-OH is 1. The first-order chi connectivity index (χ1) is 11.9. The number of hydrogen-bond donors (Lipinski definition) is 2. The molecule has 0 aliphatic heterocycles. The quantitative estimate of drug-likeness (QED) is 0.767. The van der Waals surface area contributed by atoms with Crippen molar-refractivity contribution in [2.24, 2.45) is 0 Å². The molecule has 0 radical (unpaired) electrons. The Kier molecular flexibility index (Phi) is 6.47. The minimum absolute atomic E-state index is 0.112. The van der Waals surface area contributed by atoms with Crippen molar-refractivity contribution in [1.82, 2.24) is 5.32 Å². The molecule has 136 valence electrons. The number of nitrogens with one attached hydrogen (secondary N) is 1. The number of ether oxygens (including phenoxy) is 2. The molecule has 1 aromatic heterocycles. The van der Waals surface area contributed by atoms with Gasteiger partial charge < -0.3 is 24.3 Å². The molecule has 1 amide bonds. The van der Waals surface area contributed by atoms with Crippen molar-refractivity contribution in [3.63, 3.8) is 0 Å². The highest BCUT2D eigenvalue weighted by atomic mass is 16.5. The summed E-state index contributed by atoms with van der Waals surface area (Å²) in [5.41, 5.74) is 1.60. The van der Waals surface area contributed by atoms with E-state index < -0.39 is 6.10 Å². The zero-order valence-electron chi connectivity index (χ0n) is 15.1. The Hall–Kier alpha value is -2.47. The van der Waals surface area contributed by atoms with Gasteiger partial charge in [-0.15, -0.1) is 0 Å². The highest BCUT2D eigenvalue weighted by molar-refractivity contribution is 5.78. The van der Waals surface area contributed by atoms with Crippen LogP contribution in [0.1, 0.15) is 35.2 Å². The average molecular weight is 347 g/mol. The van der Waals surface area contributed by atoms with Crippen LogP contribution in [0.3, 0.4) is 0 Å². The molecule has 0 saturated heterocycles. The van der Waals surface area contributed by atoms with Gasteiger partial charge in [0.2, 0.25) is 5.91 Å². The number of carbonyl (C=O) groups is 1. The van der Waals surface area contributed by atoms with Gasteiger partial charge in [-0.3, -0.25) is 4.79 Å². The first kappa shape index (κ1) is 18.9. The Morgan fingerprint density at radius 2 is 1.92 bits per heavy atom. The lowest BCUT2D eigenvalue weighted by Gasteiger charge is -2.12. The van der Waals surface area contributed by atoms with E-state index in [9.17, 15) is 9.90 Å². The minimum atomic E-state index is -0.654. The van der Waals surface area contributed by atoms with Gasteiger partial charge in [0.15, 0.2) is 11.5 Å². The van der Waals surface area contributed by atoms with Crippen molar-refractivity contribution in [2.45, 2.75) is 32.8 Å². The number of carbonyl (C=O) groups excluding carboxylic acids is 1. The van der Waals surface area contributed by atoms with Crippen LogP contribution in [0.2, 0.25) is 0 Å². The van der Waals surface area contributed by atoms with Gasteiger partial charge in [-0.1, -0.05) is 6.07 Å². The summed E-state index contributed by atoms with van der Waals surface area (Å²) in [7, 11) is 3.13. The number of furan rings is 1. The molecule has 2 aromatic rings. The van der Waals surface area contributed by atoms with E-state index in [1.54, 1.807) is 26.4 Å². The first-order valence-corrected chi connectivity index (χ1v) is 8.17. The molecule has 1 heterocycles. The normalized spacial score (nSPS) is 11.9. The Labute approximate surface area is 147 Å². The molecule has 0 spiro atoms. The molecule has 2 rings (SSSR count). The third kappa shape index (κ3) is 5.00. The molecule has 0 aliphatic rings. The molecule has 6 nitrogen and oxygen atoms in total. The summed E-state index contributed by atoms with van der Waals surface area (Å²) < 4.78 is 15.8. The number of aliphatic hydroxyl groups is 1. The molecule has 1 aromatic carbocycles. The molecule has 0 fully saturated rings. The number of methoxy groups -OCH3 is 2. The topological polar surface area (TPSA) is 80.9 Å². The van der Waals surface area contributed by atoms with Crippen LogP contribution in [0.5, 0.6) is 11.5 Å². The second-order valence-corrected chi connectivity index (χ2v) is 5.89. The molecule has 0 aliphatic carbocycles. The van der Waals surface area contributed by atoms with Crippen molar-refractivity contribution in [1.29, 1.82) is 0 Å². The van der Waals surface area contributed by atoms with E-state index in [2.05, 4.69) is 5.32 Å². The molecular formula is C19H25NO5. The number of benzene rings is 1. The highest BCUT2D eigenvalue weighted by Gasteiger charge is 2.15. The van der Waals surface area contributed by atoms with Crippen molar-refractivity contribution < 1.29 is 23.8 Å². The van der Waals surface area contributed by atoms with E-state index in [1.807, 2.05) is 26.0 Å². The number of amides is 1.